The number of rotatable bonds is 5. The second-order valence-electron chi connectivity index (χ2n) is 8.13. The summed E-state index contributed by atoms with van der Waals surface area (Å²) in [4.78, 5) is 0. The minimum atomic E-state index is 0.132. The van der Waals surface area contributed by atoms with Crippen LogP contribution in [0.1, 0.15) is 79.1 Å². The first-order chi connectivity index (χ1) is 9.45. The maximum atomic E-state index is 6.64. The molecule has 2 nitrogen and oxygen atoms in total. The summed E-state index contributed by atoms with van der Waals surface area (Å²) < 4.78 is 6.64. The third-order valence-electron chi connectivity index (χ3n) is 5.54. The van der Waals surface area contributed by atoms with E-state index in [1.54, 1.807) is 0 Å². The summed E-state index contributed by atoms with van der Waals surface area (Å²) in [6, 6.07) is 0. The van der Waals surface area contributed by atoms with Gasteiger partial charge in [-0.05, 0) is 56.4 Å². The van der Waals surface area contributed by atoms with Crippen LogP contribution in [0, 0.1) is 11.3 Å². The standard InChI is InChI=1S/C18H35NO/c1-5-19-14-18(20-16-8-6-7-9-16)12-10-15(11-13-18)17(2,3)4/h15-16,19H,5-14H2,1-4H3. The molecule has 0 radical (unpaired) electrons. The summed E-state index contributed by atoms with van der Waals surface area (Å²) in [5, 5.41) is 3.56. The van der Waals surface area contributed by atoms with E-state index in [-0.39, 0.29) is 5.60 Å². The largest absolute Gasteiger partial charge is 0.370 e. The highest BCUT2D eigenvalue weighted by molar-refractivity contribution is 4.93. The van der Waals surface area contributed by atoms with Crippen LogP contribution in [0.2, 0.25) is 0 Å². The lowest BCUT2D eigenvalue weighted by molar-refractivity contribution is -0.120. The molecule has 2 aliphatic rings. The molecule has 118 valence electrons. The molecule has 0 spiro atoms. The Balaban J connectivity index is 1.94. The van der Waals surface area contributed by atoms with Crippen molar-refractivity contribution in [2.24, 2.45) is 11.3 Å². The van der Waals surface area contributed by atoms with E-state index < -0.39 is 0 Å². The maximum absolute atomic E-state index is 6.64. The molecule has 0 saturated heterocycles. The first kappa shape index (κ1) is 16.3. The van der Waals surface area contributed by atoms with Crippen molar-refractivity contribution in [3.05, 3.63) is 0 Å². The average Bonchev–Trinajstić information content (AvgIpc) is 2.89. The Morgan fingerprint density at radius 1 is 1.05 bits per heavy atom. The monoisotopic (exact) mass is 281 g/mol. The summed E-state index contributed by atoms with van der Waals surface area (Å²) in [5.74, 6) is 0.865. The second-order valence-corrected chi connectivity index (χ2v) is 8.13. The molecule has 1 N–H and O–H groups in total. The lowest BCUT2D eigenvalue weighted by Crippen LogP contribution is -2.48. The van der Waals surface area contributed by atoms with Gasteiger partial charge >= 0.3 is 0 Å². The smallest absolute Gasteiger partial charge is 0.0810 e. The molecule has 2 fully saturated rings. The van der Waals surface area contributed by atoms with E-state index in [1.807, 2.05) is 0 Å². The van der Waals surface area contributed by atoms with Gasteiger partial charge in [-0.3, -0.25) is 0 Å². The highest BCUT2D eigenvalue weighted by Gasteiger charge is 2.41. The molecule has 0 unspecified atom stereocenters. The predicted octanol–water partition coefficient (Wildman–Crippen LogP) is 4.53. The van der Waals surface area contributed by atoms with Crippen LogP contribution in [-0.4, -0.2) is 24.8 Å². The number of nitrogens with one attached hydrogen (secondary N) is 1. The number of hydrogen-bond acceptors (Lipinski definition) is 2. The molecule has 20 heavy (non-hydrogen) atoms. The van der Waals surface area contributed by atoms with Crippen molar-refractivity contribution in [3.63, 3.8) is 0 Å². The minimum absolute atomic E-state index is 0.132. The Labute approximate surface area is 126 Å². The van der Waals surface area contributed by atoms with Crippen LogP contribution in [0.15, 0.2) is 0 Å². The van der Waals surface area contributed by atoms with Crippen LogP contribution in [0.5, 0.6) is 0 Å². The van der Waals surface area contributed by atoms with Gasteiger partial charge in [-0.1, -0.05) is 40.5 Å². The maximum Gasteiger partial charge on any atom is 0.0810 e. The quantitative estimate of drug-likeness (QED) is 0.799. The molecular weight excluding hydrogens is 246 g/mol. The van der Waals surface area contributed by atoms with Crippen LogP contribution in [0.4, 0.5) is 0 Å². The van der Waals surface area contributed by atoms with Crippen LogP contribution in [0.3, 0.4) is 0 Å². The van der Waals surface area contributed by atoms with Gasteiger partial charge in [-0.15, -0.1) is 0 Å². The van der Waals surface area contributed by atoms with Crippen LogP contribution >= 0.6 is 0 Å². The molecule has 0 aromatic carbocycles. The number of likely N-dealkylation sites (N-methyl/N-ethyl adjacent to an activating group) is 1. The van der Waals surface area contributed by atoms with Gasteiger partial charge in [0.05, 0.1) is 11.7 Å². The van der Waals surface area contributed by atoms with Gasteiger partial charge in [0.2, 0.25) is 0 Å². The predicted molar refractivity (Wildman–Crippen MR) is 86.0 cm³/mol. The second kappa shape index (κ2) is 6.79. The van der Waals surface area contributed by atoms with Gasteiger partial charge < -0.3 is 10.1 Å². The van der Waals surface area contributed by atoms with E-state index in [9.17, 15) is 0 Å². The van der Waals surface area contributed by atoms with Gasteiger partial charge in [0.25, 0.3) is 0 Å². The molecule has 0 aromatic rings. The van der Waals surface area contributed by atoms with Crippen molar-refractivity contribution in [2.75, 3.05) is 13.1 Å². The molecular formula is C18H35NO. The normalized spacial score (nSPS) is 32.7. The molecule has 0 heterocycles. The third-order valence-corrected chi connectivity index (χ3v) is 5.54. The lowest BCUT2D eigenvalue weighted by atomic mass is 9.68. The zero-order valence-corrected chi connectivity index (χ0v) is 14.1. The Kier molecular flexibility index (Phi) is 5.53. The van der Waals surface area contributed by atoms with Crippen LogP contribution < -0.4 is 5.32 Å². The first-order valence-corrected chi connectivity index (χ1v) is 8.84. The number of ether oxygens (including phenoxy) is 1. The van der Waals surface area contributed by atoms with Crippen LogP contribution in [-0.2, 0) is 4.74 Å². The third kappa shape index (κ3) is 4.21. The highest BCUT2D eigenvalue weighted by atomic mass is 16.5. The van der Waals surface area contributed by atoms with E-state index in [1.165, 1.54) is 51.4 Å². The first-order valence-electron chi connectivity index (χ1n) is 8.84. The van der Waals surface area contributed by atoms with Gasteiger partial charge in [0, 0.05) is 6.54 Å². The summed E-state index contributed by atoms with van der Waals surface area (Å²) in [7, 11) is 0. The van der Waals surface area contributed by atoms with Gasteiger partial charge in [-0.25, -0.2) is 0 Å². The van der Waals surface area contributed by atoms with E-state index >= 15 is 0 Å². The molecule has 0 atom stereocenters. The fourth-order valence-corrected chi connectivity index (χ4v) is 4.06. The zero-order chi connectivity index (χ0) is 14.6. The van der Waals surface area contributed by atoms with E-state index in [4.69, 9.17) is 4.74 Å². The Morgan fingerprint density at radius 3 is 2.15 bits per heavy atom. The van der Waals surface area contributed by atoms with Gasteiger partial charge in [0.1, 0.15) is 0 Å². The van der Waals surface area contributed by atoms with E-state index in [0.29, 0.717) is 11.5 Å². The molecule has 2 rings (SSSR count). The van der Waals surface area contributed by atoms with Crippen LogP contribution in [0.25, 0.3) is 0 Å². The van der Waals surface area contributed by atoms with E-state index in [0.717, 1.165) is 19.0 Å². The SMILES string of the molecule is CCNCC1(OC2CCCC2)CCC(C(C)(C)C)CC1. The van der Waals surface area contributed by atoms with Crippen molar-refractivity contribution in [3.8, 4) is 0 Å². The van der Waals surface area contributed by atoms with Crippen molar-refractivity contribution < 1.29 is 4.74 Å². The summed E-state index contributed by atoms with van der Waals surface area (Å²) in [6.45, 7) is 11.5. The number of hydrogen-bond donors (Lipinski definition) is 1. The van der Waals surface area contributed by atoms with Gasteiger partial charge in [-0.2, -0.15) is 0 Å². The average molecular weight is 281 g/mol. The van der Waals surface area contributed by atoms with Crippen molar-refractivity contribution >= 4 is 0 Å². The minimum Gasteiger partial charge on any atom is -0.370 e. The molecule has 0 amide bonds. The van der Waals surface area contributed by atoms with Crippen molar-refractivity contribution in [1.29, 1.82) is 0 Å². The molecule has 2 saturated carbocycles. The highest BCUT2D eigenvalue weighted by Crippen LogP contribution is 2.44. The molecule has 0 bridgehead atoms. The molecule has 0 aromatic heterocycles. The fraction of sp³-hybridized carbons (Fsp3) is 1.00. The Morgan fingerprint density at radius 2 is 1.65 bits per heavy atom. The van der Waals surface area contributed by atoms with Crippen molar-refractivity contribution in [1.82, 2.24) is 5.32 Å². The molecule has 2 heteroatoms. The summed E-state index contributed by atoms with van der Waals surface area (Å²) >= 11 is 0. The zero-order valence-electron chi connectivity index (χ0n) is 14.1. The Bertz CT molecular complexity index is 280. The fourth-order valence-electron chi connectivity index (χ4n) is 4.06. The summed E-state index contributed by atoms with van der Waals surface area (Å²) in [6.07, 6.45) is 11.0. The molecule has 0 aliphatic heterocycles. The topological polar surface area (TPSA) is 21.3 Å². The van der Waals surface area contributed by atoms with Gasteiger partial charge in [0.15, 0.2) is 0 Å². The molecule has 2 aliphatic carbocycles. The summed E-state index contributed by atoms with van der Waals surface area (Å²) in [5.41, 5.74) is 0.588. The van der Waals surface area contributed by atoms with Crippen molar-refractivity contribution in [2.45, 2.75) is 90.8 Å². The Hall–Kier alpha value is -0.0800. The van der Waals surface area contributed by atoms with E-state index in [2.05, 4.69) is 33.0 Å². The lowest BCUT2D eigenvalue weighted by Gasteiger charge is -2.45.